The normalized spacial score (nSPS) is 16.5. The molecule has 3 aromatic carbocycles. The van der Waals surface area contributed by atoms with Gasteiger partial charge in [-0.2, -0.15) is 0 Å². The maximum Gasteiger partial charge on any atom is 0.269 e. The van der Waals surface area contributed by atoms with Crippen LogP contribution in [0.4, 0.5) is 11.4 Å². The van der Waals surface area contributed by atoms with E-state index < -0.39 is 18.1 Å². The van der Waals surface area contributed by atoms with Crippen molar-refractivity contribution < 1.29 is 28.5 Å². The number of ether oxygens (including phenoxy) is 4. The van der Waals surface area contributed by atoms with E-state index in [0.29, 0.717) is 39.9 Å². The highest BCUT2D eigenvalue weighted by Crippen LogP contribution is 2.38. The quantitative estimate of drug-likeness (QED) is 0.589. The van der Waals surface area contributed by atoms with Crippen LogP contribution in [0, 0.1) is 0 Å². The molecule has 1 aliphatic rings. The number of anilines is 2. The Bertz CT molecular complexity index is 1160. The molecule has 8 heteroatoms. The van der Waals surface area contributed by atoms with Crippen LogP contribution in [0.3, 0.4) is 0 Å². The van der Waals surface area contributed by atoms with E-state index in [4.69, 9.17) is 18.9 Å². The van der Waals surface area contributed by atoms with Crippen LogP contribution in [0.15, 0.2) is 66.7 Å². The van der Waals surface area contributed by atoms with E-state index in [-0.39, 0.29) is 5.91 Å². The highest BCUT2D eigenvalue weighted by atomic mass is 16.6. The van der Waals surface area contributed by atoms with Crippen molar-refractivity contribution in [2.24, 2.45) is 0 Å². The van der Waals surface area contributed by atoms with Gasteiger partial charge in [0.25, 0.3) is 11.8 Å². The number of fused-ring (bicyclic) bond motifs is 1. The molecule has 0 bridgehead atoms. The number of rotatable bonds is 6. The summed E-state index contributed by atoms with van der Waals surface area (Å²) in [6, 6.07) is 19.2. The average molecular weight is 448 g/mol. The molecule has 1 aliphatic heterocycles. The Morgan fingerprint density at radius 1 is 0.788 bits per heavy atom. The highest BCUT2D eigenvalue weighted by Gasteiger charge is 2.34. The minimum atomic E-state index is -0.868. The van der Waals surface area contributed by atoms with Crippen molar-refractivity contribution in [3.8, 4) is 23.0 Å². The first-order valence-electron chi connectivity index (χ1n) is 10.4. The fourth-order valence-corrected chi connectivity index (χ4v) is 3.49. The van der Waals surface area contributed by atoms with Crippen molar-refractivity contribution in [1.29, 1.82) is 0 Å². The smallest absolute Gasteiger partial charge is 0.269 e. The van der Waals surface area contributed by atoms with Gasteiger partial charge in [0.15, 0.2) is 11.5 Å². The van der Waals surface area contributed by atoms with E-state index >= 15 is 0 Å². The van der Waals surface area contributed by atoms with Crippen molar-refractivity contribution in [1.82, 2.24) is 0 Å². The van der Waals surface area contributed by atoms with Crippen LogP contribution in [-0.2, 0) is 4.79 Å². The molecule has 0 aliphatic carbocycles. The second-order valence-corrected chi connectivity index (χ2v) is 7.37. The summed E-state index contributed by atoms with van der Waals surface area (Å²) in [7, 11) is 2.95. The predicted molar refractivity (Wildman–Crippen MR) is 124 cm³/mol. The number of hydrogen-bond acceptors (Lipinski definition) is 6. The van der Waals surface area contributed by atoms with Crippen molar-refractivity contribution in [3.05, 3.63) is 72.3 Å². The number of methoxy groups -OCH3 is 2. The Morgan fingerprint density at radius 3 is 1.94 bits per heavy atom. The molecule has 0 aromatic heterocycles. The van der Waals surface area contributed by atoms with Gasteiger partial charge in [-0.25, -0.2) is 0 Å². The molecule has 0 unspecified atom stereocenters. The van der Waals surface area contributed by atoms with Gasteiger partial charge < -0.3 is 29.6 Å². The maximum absolute atomic E-state index is 13.0. The van der Waals surface area contributed by atoms with Gasteiger partial charge in [0.1, 0.15) is 17.6 Å². The Labute approximate surface area is 191 Å². The fourth-order valence-electron chi connectivity index (χ4n) is 3.49. The van der Waals surface area contributed by atoms with E-state index in [9.17, 15) is 9.59 Å². The first-order valence-corrected chi connectivity index (χ1v) is 10.4. The first-order chi connectivity index (χ1) is 16.0. The second-order valence-electron chi connectivity index (χ2n) is 7.37. The molecule has 0 radical (unpaired) electrons. The predicted octanol–water partition coefficient (Wildman–Crippen LogP) is 4.12. The number of carbonyl (C=O) groups is 2. The highest BCUT2D eigenvalue weighted by molar-refractivity contribution is 6.05. The lowest BCUT2D eigenvalue weighted by atomic mass is 10.1. The number of carbonyl (C=O) groups excluding carboxylic acids is 2. The third-order valence-electron chi connectivity index (χ3n) is 5.16. The minimum absolute atomic E-state index is 0.298. The van der Waals surface area contributed by atoms with Crippen LogP contribution in [0.25, 0.3) is 0 Å². The summed E-state index contributed by atoms with van der Waals surface area (Å²) in [6.07, 6.45) is -1.37. The van der Waals surface area contributed by atoms with E-state index in [1.54, 1.807) is 55.5 Å². The van der Waals surface area contributed by atoms with E-state index in [2.05, 4.69) is 10.6 Å². The van der Waals surface area contributed by atoms with Gasteiger partial charge in [-0.05, 0) is 31.2 Å². The molecule has 0 saturated carbocycles. The Hall–Kier alpha value is -4.20. The van der Waals surface area contributed by atoms with Gasteiger partial charge in [0.2, 0.25) is 6.10 Å². The number of benzene rings is 3. The molecule has 1 heterocycles. The molecule has 0 spiro atoms. The molecule has 33 heavy (non-hydrogen) atoms. The Kier molecular flexibility index (Phi) is 6.35. The van der Waals surface area contributed by atoms with Crippen LogP contribution in [0.5, 0.6) is 23.0 Å². The number of para-hydroxylation sites is 2. The van der Waals surface area contributed by atoms with Gasteiger partial charge in [-0.3, -0.25) is 9.59 Å². The molecule has 2 amide bonds. The van der Waals surface area contributed by atoms with Gasteiger partial charge in [-0.15, -0.1) is 0 Å². The van der Waals surface area contributed by atoms with Crippen LogP contribution in [0.1, 0.15) is 17.3 Å². The topological polar surface area (TPSA) is 95.1 Å². The Balaban J connectivity index is 1.55. The van der Waals surface area contributed by atoms with Crippen LogP contribution >= 0.6 is 0 Å². The summed E-state index contributed by atoms with van der Waals surface area (Å²) >= 11 is 0. The molecule has 2 N–H and O–H groups in total. The maximum atomic E-state index is 13.0. The van der Waals surface area contributed by atoms with Gasteiger partial charge in [-0.1, -0.05) is 30.3 Å². The molecule has 170 valence electrons. The molecule has 3 aromatic rings. The van der Waals surface area contributed by atoms with Crippen LogP contribution < -0.4 is 29.6 Å². The zero-order chi connectivity index (χ0) is 23.4. The lowest BCUT2D eigenvalue weighted by Gasteiger charge is -2.31. The fraction of sp³-hybridized carbons (Fsp3) is 0.200. The molecule has 8 nitrogen and oxygen atoms in total. The van der Waals surface area contributed by atoms with Gasteiger partial charge >= 0.3 is 0 Å². The third-order valence-corrected chi connectivity index (χ3v) is 5.16. The molecular weight excluding hydrogens is 424 g/mol. The van der Waals surface area contributed by atoms with E-state index in [1.165, 1.54) is 14.2 Å². The summed E-state index contributed by atoms with van der Waals surface area (Å²) in [5.41, 5.74) is 1.27. The lowest BCUT2D eigenvalue weighted by Crippen LogP contribution is -2.46. The van der Waals surface area contributed by atoms with E-state index in [1.807, 2.05) is 18.2 Å². The monoisotopic (exact) mass is 448 g/mol. The Morgan fingerprint density at radius 2 is 1.33 bits per heavy atom. The van der Waals surface area contributed by atoms with Crippen LogP contribution in [0.2, 0.25) is 0 Å². The zero-order valence-electron chi connectivity index (χ0n) is 18.5. The minimum Gasteiger partial charge on any atom is -0.494 e. The van der Waals surface area contributed by atoms with Crippen molar-refractivity contribution in [3.63, 3.8) is 0 Å². The number of nitrogens with one attached hydrogen (secondary N) is 2. The second kappa shape index (κ2) is 9.52. The SMILES string of the molecule is COc1cc(NC(=O)[C@@H]2Oc3ccccc3O[C@@H]2C)c(OC)cc1NC(=O)c1ccccc1. The molecule has 2 atom stereocenters. The number of amides is 2. The molecular formula is C25H24N2O6. The summed E-state index contributed by atoms with van der Waals surface area (Å²) in [5, 5.41) is 5.63. The first kappa shape index (κ1) is 22.0. The standard InChI is InChI=1S/C25H24N2O6/c1-15-23(33-20-12-8-7-11-19(20)32-15)25(29)27-18-14-21(30-2)17(13-22(18)31-3)26-24(28)16-9-5-4-6-10-16/h4-15,23H,1-3H3,(H,26,28)(H,27,29)/t15-,23-/m1/s1. The average Bonchev–Trinajstić information content (AvgIpc) is 2.84. The zero-order valence-corrected chi connectivity index (χ0v) is 18.5. The van der Waals surface area contributed by atoms with Crippen molar-refractivity contribution in [2.75, 3.05) is 24.9 Å². The van der Waals surface area contributed by atoms with Crippen LogP contribution in [-0.4, -0.2) is 38.2 Å². The van der Waals surface area contributed by atoms with E-state index in [0.717, 1.165) is 0 Å². The summed E-state index contributed by atoms with van der Waals surface area (Å²) in [6.45, 7) is 1.76. The van der Waals surface area contributed by atoms with Gasteiger partial charge in [0.05, 0.1) is 25.6 Å². The summed E-state index contributed by atoms with van der Waals surface area (Å²) in [4.78, 5) is 25.6. The largest absolute Gasteiger partial charge is 0.494 e. The lowest BCUT2D eigenvalue weighted by molar-refractivity contribution is -0.128. The molecule has 0 fully saturated rings. The van der Waals surface area contributed by atoms with Gasteiger partial charge in [0, 0.05) is 17.7 Å². The summed E-state index contributed by atoms with van der Waals surface area (Å²) < 4.78 is 22.6. The summed E-state index contributed by atoms with van der Waals surface area (Å²) in [5.74, 6) is 1.09. The van der Waals surface area contributed by atoms with Crippen molar-refractivity contribution >= 4 is 23.2 Å². The molecule has 0 saturated heterocycles. The van der Waals surface area contributed by atoms with Crippen molar-refractivity contribution in [2.45, 2.75) is 19.1 Å². The number of hydrogen-bond donors (Lipinski definition) is 2. The third kappa shape index (κ3) is 4.69. The molecule has 4 rings (SSSR count).